The van der Waals surface area contributed by atoms with E-state index in [-0.39, 0.29) is 0 Å². The van der Waals surface area contributed by atoms with Crippen LogP contribution >= 0.6 is 0 Å². The molecule has 0 aliphatic carbocycles. The Morgan fingerprint density at radius 3 is 2.55 bits per heavy atom. The van der Waals surface area contributed by atoms with Crippen molar-refractivity contribution in [2.75, 3.05) is 7.11 Å². The lowest BCUT2D eigenvalue weighted by molar-refractivity contribution is -0.162. The summed E-state index contributed by atoms with van der Waals surface area (Å²) in [6, 6.07) is 0. The van der Waals surface area contributed by atoms with Crippen LogP contribution in [0, 0.1) is 0 Å². The lowest BCUT2D eigenvalue weighted by Crippen LogP contribution is -2.33. The van der Waals surface area contributed by atoms with Gasteiger partial charge in [0.1, 0.15) is 0 Å². The summed E-state index contributed by atoms with van der Waals surface area (Å²) in [6.45, 7) is 3.42. The minimum atomic E-state index is -1.79. The van der Waals surface area contributed by atoms with Gasteiger partial charge in [-0.15, -0.1) is 0 Å². The normalized spacial score (nSPS) is 19.1. The number of carbonyl (C=O) groups is 4. The second-order valence-electron chi connectivity index (χ2n) is 3.79. The van der Waals surface area contributed by atoms with Crippen molar-refractivity contribution in [3.63, 3.8) is 0 Å². The molecular formula is C10H13BO9. The Balaban J connectivity index is 2.55. The highest BCUT2D eigenvalue weighted by Crippen LogP contribution is 2.14. The molecule has 0 aromatic rings. The molecule has 0 aromatic heterocycles. The van der Waals surface area contributed by atoms with E-state index in [2.05, 4.69) is 14.0 Å². The number of ether oxygens (including phenoxy) is 2. The Morgan fingerprint density at radius 2 is 2.00 bits per heavy atom. The molecule has 1 aliphatic heterocycles. The maximum atomic E-state index is 11.6. The Bertz CT molecular complexity index is 421. The van der Waals surface area contributed by atoms with Crippen LogP contribution in [0.1, 0.15) is 20.3 Å². The first-order valence-electron chi connectivity index (χ1n) is 5.74. The van der Waals surface area contributed by atoms with Gasteiger partial charge < -0.3 is 23.4 Å². The van der Waals surface area contributed by atoms with Gasteiger partial charge in [-0.05, 0) is 13.3 Å². The van der Waals surface area contributed by atoms with Gasteiger partial charge in [0.15, 0.2) is 0 Å². The summed E-state index contributed by atoms with van der Waals surface area (Å²) < 4.78 is 22.5. The number of hydrogen-bond donors (Lipinski definition) is 0. The van der Waals surface area contributed by atoms with E-state index in [0.717, 1.165) is 7.11 Å². The predicted octanol–water partition coefficient (Wildman–Crippen LogP) is -1.03. The molecule has 1 heterocycles. The first kappa shape index (κ1) is 16.0. The van der Waals surface area contributed by atoms with Gasteiger partial charge in [-0.2, -0.15) is 0 Å². The Labute approximate surface area is 114 Å². The van der Waals surface area contributed by atoms with Crippen LogP contribution in [0.2, 0.25) is 0 Å². The summed E-state index contributed by atoms with van der Waals surface area (Å²) in [5.41, 5.74) is 0. The topological polar surface area (TPSA) is 114 Å². The summed E-state index contributed by atoms with van der Waals surface area (Å²) >= 11 is 0. The molecule has 0 bridgehead atoms. The molecule has 20 heavy (non-hydrogen) atoms. The molecule has 0 radical (unpaired) electrons. The molecule has 10 heteroatoms. The van der Waals surface area contributed by atoms with Crippen LogP contribution in [-0.2, 0) is 42.6 Å². The van der Waals surface area contributed by atoms with Crippen molar-refractivity contribution >= 4 is 31.2 Å². The van der Waals surface area contributed by atoms with Crippen LogP contribution in [0.15, 0.2) is 0 Å². The number of rotatable bonds is 4. The summed E-state index contributed by atoms with van der Waals surface area (Å²) in [5.74, 6) is -4.74. The first-order valence-corrected chi connectivity index (χ1v) is 5.74. The molecule has 1 fully saturated rings. The van der Waals surface area contributed by atoms with E-state index < -0.39 is 43.4 Å². The van der Waals surface area contributed by atoms with Crippen LogP contribution in [0.5, 0.6) is 0 Å². The van der Waals surface area contributed by atoms with E-state index in [1.807, 2.05) is 0 Å². The van der Waals surface area contributed by atoms with Gasteiger partial charge in [-0.1, -0.05) is 6.92 Å². The van der Waals surface area contributed by atoms with Crippen molar-refractivity contribution < 1.29 is 42.6 Å². The van der Waals surface area contributed by atoms with Gasteiger partial charge in [0.2, 0.25) is 6.10 Å². The zero-order valence-electron chi connectivity index (χ0n) is 11.1. The van der Waals surface area contributed by atoms with E-state index in [4.69, 9.17) is 9.39 Å². The summed E-state index contributed by atoms with van der Waals surface area (Å²) in [6.07, 6.45) is -1.51. The van der Waals surface area contributed by atoms with Gasteiger partial charge in [-0.25, -0.2) is 14.4 Å². The smallest absolute Gasteiger partial charge is 0.471 e. The summed E-state index contributed by atoms with van der Waals surface area (Å²) in [4.78, 5) is 44.8. The molecule has 2 unspecified atom stereocenters. The van der Waals surface area contributed by atoms with Crippen LogP contribution < -0.4 is 0 Å². The number of esters is 2. The lowest BCUT2D eigenvalue weighted by atomic mass is 10.2. The van der Waals surface area contributed by atoms with Gasteiger partial charge in [0.05, 0.1) is 13.2 Å². The van der Waals surface area contributed by atoms with Gasteiger partial charge in [-0.3, -0.25) is 4.79 Å². The molecule has 1 saturated heterocycles. The van der Waals surface area contributed by atoms with Crippen molar-refractivity contribution in [2.45, 2.75) is 32.5 Å². The highest BCUT2D eigenvalue weighted by molar-refractivity contribution is 6.49. The van der Waals surface area contributed by atoms with Gasteiger partial charge in [0.25, 0.3) is 0 Å². The van der Waals surface area contributed by atoms with Crippen LogP contribution in [0.25, 0.3) is 0 Å². The third kappa shape index (κ3) is 3.95. The average molecular weight is 288 g/mol. The molecule has 0 aromatic carbocycles. The fourth-order valence-electron chi connectivity index (χ4n) is 1.12. The second-order valence-corrected chi connectivity index (χ2v) is 3.79. The van der Waals surface area contributed by atoms with E-state index in [1.165, 1.54) is 0 Å². The molecule has 0 saturated carbocycles. The maximum absolute atomic E-state index is 11.6. The number of carbonyl (C=O) groups excluding carboxylic acids is 4. The van der Waals surface area contributed by atoms with E-state index >= 15 is 0 Å². The monoisotopic (exact) mass is 288 g/mol. The largest absolute Gasteiger partial charge is 0.793 e. The average Bonchev–Trinajstić information content (AvgIpc) is 2.78. The first-order chi connectivity index (χ1) is 9.38. The summed E-state index contributed by atoms with van der Waals surface area (Å²) in [7, 11) is -0.819. The molecule has 1 aliphatic rings. The van der Waals surface area contributed by atoms with Gasteiger partial charge in [0, 0.05) is 0 Å². The molecule has 110 valence electrons. The van der Waals surface area contributed by atoms with Crippen LogP contribution in [0.3, 0.4) is 0 Å². The zero-order valence-corrected chi connectivity index (χ0v) is 11.1. The SMILES string of the molecule is CCC(C)OC(=O)C1OB(OC(=O)C(=O)OC)OC1=O. The fourth-order valence-corrected chi connectivity index (χ4v) is 1.12. The Kier molecular flexibility index (Phi) is 5.50. The minimum absolute atomic E-state index is 0.407. The Hall–Kier alpha value is -2.10. The van der Waals surface area contributed by atoms with Crippen molar-refractivity contribution in [1.29, 1.82) is 0 Å². The van der Waals surface area contributed by atoms with E-state index in [0.29, 0.717) is 6.42 Å². The quantitative estimate of drug-likeness (QED) is 0.277. The number of methoxy groups -OCH3 is 1. The molecule has 0 N–H and O–H groups in total. The van der Waals surface area contributed by atoms with Gasteiger partial charge >= 0.3 is 31.2 Å². The number of hydrogen-bond acceptors (Lipinski definition) is 9. The third-order valence-electron chi connectivity index (χ3n) is 2.34. The van der Waals surface area contributed by atoms with Crippen LogP contribution in [-0.4, -0.2) is 50.5 Å². The van der Waals surface area contributed by atoms with E-state index in [1.54, 1.807) is 13.8 Å². The highest BCUT2D eigenvalue weighted by atomic mass is 16.8. The van der Waals surface area contributed by atoms with E-state index in [9.17, 15) is 19.2 Å². The van der Waals surface area contributed by atoms with Crippen molar-refractivity contribution in [3.05, 3.63) is 0 Å². The highest BCUT2D eigenvalue weighted by Gasteiger charge is 2.51. The van der Waals surface area contributed by atoms with Crippen molar-refractivity contribution in [1.82, 2.24) is 0 Å². The van der Waals surface area contributed by atoms with Crippen LogP contribution in [0.4, 0.5) is 0 Å². The molecule has 2 atom stereocenters. The fraction of sp³-hybridized carbons (Fsp3) is 0.600. The summed E-state index contributed by atoms with van der Waals surface area (Å²) in [5, 5.41) is 0. The predicted molar refractivity (Wildman–Crippen MR) is 60.7 cm³/mol. The third-order valence-corrected chi connectivity index (χ3v) is 2.34. The molecule has 9 nitrogen and oxygen atoms in total. The second kappa shape index (κ2) is 6.89. The lowest BCUT2D eigenvalue weighted by Gasteiger charge is -2.12. The maximum Gasteiger partial charge on any atom is 0.793 e. The Morgan fingerprint density at radius 1 is 1.35 bits per heavy atom. The van der Waals surface area contributed by atoms with Crippen molar-refractivity contribution in [2.24, 2.45) is 0 Å². The zero-order chi connectivity index (χ0) is 15.3. The molecule has 1 rings (SSSR count). The molecule has 0 amide bonds. The minimum Gasteiger partial charge on any atom is -0.471 e. The molecule has 0 spiro atoms. The molecular weight excluding hydrogens is 275 g/mol. The standard InChI is InChI=1S/C10H13BO9/c1-4-5(2)17-7(12)6-8(13)19-11(18-6)20-10(15)9(14)16-3/h5-6H,4H2,1-3H3. The van der Waals surface area contributed by atoms with Crippen molar-refractivity contribution in [3.8, 4) is 0 Å².